The van der Waals surface area contributed by atoms with Gasteiger partial charge in [-0.1, -0.05) is 48.5 Å². The van der Waals surface area contributed by atoms with Gasteiger partial charge in [0.1, 0.15) is 18.7 Å². The second-order valence-electron chi connectivity index (χ2n) is 7.99. The second kappa shape index (κ2) is 9.60. The zero-order valence-electron chi connectivity index (χ0n) is 18.1. The Balaban J connectivity index is 1.44. The van der Waals surface area contributed by atoms with Crippen molar-refractivity contribution < 1.29 is 24.2 Å². The highest BCUT2D eigenvalue weighted by Crippen LogP contribution is 2.44. The van der Waals surface area contributed by atoms with E-state index < -0.39 is 30.1 Å². The summed E-state index contributed by atoms with van der Waals surface area (Å²) in [6.45, 7) is 1.47. The van der Waals surface area contributed by atoms with E-state index in [0.717, 1.165) is 27.9 Å². The Labute approximate surface area is 191 Å². The van der Waals surface area contributed by atoms with Crippen molar-refractivity contribution in [3.8, 4) is 11.1 Å². The van der Waals surface area contributed by atoms with E-state index in [4.69, 9.17) is 9.84 Å². The maximum atomic E-state index is 12.6. The number of benzene rings is 2. The zero-order chi connectivity index (χ0) is 23.4. The Bertz CT molecular complexity index is 1110. The van der Waals surface area contributed by atoms with Gasteiger partial charge in [0.2, 0.25) is 5.91 Å². The van der Waals surface area contributed by atoms with Crippen LogP contribution in [-0.2, 0) is 20.7 Å². The van der Waals surface area contributed by atoms with Gasteiger partial charge in [-0.2, -0.15) is 0 Å². The van der Waals surface area contributed by atoms with Gasteiger partial charge in [-0.15, -0.1) is 0 Å². The van der Waals surface area contributed by atoms with E-state index in [1.54, 1.807) is 18.3 Å². The largest absolute Gasteiger partial charge is 0.480 e. The highest BCUT2D eigenvalue weighted by molar-refractivity contribution is 5.89. The van der Waals surface area contributed by atoms with E-state index in [0.29, 0.717) is 0 Å². The van der Waals surface area contributed by atoms with Crippen molar-refractivity contribution in [3.63, 3.8) is 0 Å². The van der Waals surface area contributed by atoms with Crippen LogP contribution in [0.1, 0.15) is 29.7 Å². The van der Waals surface area contributed by atoms with Gasteiger partial charge in [0, 0.05) is 24.2 Å². The summed E-state index contributed by atoms with van der Waals surface area (Å²) in [6, 6.07) is 17.5. The van der Waals surface area contributed by atoms with Crippen molar-refractivity contribution in [2.75, 3.05) is 6.61 Å². The molecule has 0 bridgehead atoms. The van der Waals surface area contributed by atoms with Crippen molar-refractivity contribution in [1.82, 2.24) is 15.6 Å². The fourth-order valence-electron chi connectivity index (χ4n) is 4.08. The fourth-order valence-corrected chi connectivity index (χ4v) is 4.08. The first kappa shape index (κ1) is 22.1. The number of H-pyrrole nitrogens is 1. The number of carboxylic acid groups (broad SMARTS) is 1. The molecule has 1 aliphatic rings. The molecule has 1 aliphatic carbocycles. The number of carbonyl (C=O) groups excluding carboxylic acids is 2. The number of aromatic amines is 1. The Morgan fingerprint density at radius 2 is 1.61 bits per heavy atom. The minimum atomic E-state index is -1.16. The number of aliphatic carboxylic acids is 1. The lowest BCUT2D eigenvalue weighted by Gasteiger charge is -2.20. The molecule has 3 aromatic rings. The van der Waals surface area contributed by atoms with Crippen molar-refractivity contribution >= 4 is 18.0 Å². The van der Waals surface area contributed by atoms with E-state index in [-0.39, 0.29) is 18.9 Å². The van der Waals surface area contributed by atoms with Crippen LogP contribution in [0.4, 0.5) is 4.79 Å². The summed E-state index contributed by atoms with van der Waals surface area (Å²) in [7, 11) is 0. The number of carboxylic acids is 1. The first-order chi connectivity index (χ1) is 15.9. The van der Waals surface area contributed by atoms with E-state index in [9.17, 15) is 14.4 Å². The molecule has 2 amide bonds. The second-order valence-corrected chi connectivity index (χ2v) is 7.99. The Kier molecular flexibility index (Phi) is 6.44. The molecular weight excluding hydrogens is 422 g/mol. The molecule has 1 heterocycles. The molecule has 33 heavy (non-hydrogen) atoms. The van der Waals surface area contributed by atoms with Crippen LogP contribution in [0, 0.1) is 0 Å². The van der Waals surface area contributed by atoms with Gasteiger partial charge in [0.05, 0.1) is 0 Å². The summed E-state index contributed by atoms with van der Waals surface area (Å²) in [5, 5.41) is 14.1. The minimum Gasteiger partial charge on any atom is -0.480 e. The lowest BCUT2D eigenvalue weighted by atomic mass is 9.98. The smallest absolute Gasteiger partial charge is 0.407 e. The lowest BCUT2D eigenvalue weighted by Crippen LogP contribution is -2.52. The van der Waals surface area contributed by atoms with Gasteiger partial charge in [0.25, 0.3) is 0 Å². The molecular formula is C25H25N3O5. The van der Waals surface area contributed by atoms with Crippen molar-refractivity contribution in [2.45, 2.75) is 31.3 Å². The van der Waals surface area contributed by atoms with Gasteiger partial charge in [-0.05, 0) is 41.3 Å². The van der Waals surface area contributed by atoms with Crippen molar-refractivity contribution in [1.29, 1.82) is 0 Å². The Hall–Kier alpha value is -4.07. The van der Waals surface area contributed by atoms with Gasteiger partial charge in [-0.25, -0.2) is 4.79 Å². The number of hydrogen-bond donors (Lipinski definition) is 4. The molecule has 0 radical (unpaired) electrons. The predicted molar refractivity (Wildman–Crippen MR) is 122 cm³/mol. The Morgan fingerprint density at radius 1 is 0.970 bits per heavy atom. The molecule has 2 atom stereocenters. The summed E-state index contributed by atoms with van der Waals surface area (Å²) in [5.74, 6) is -1.87. The maximum Gasteiger partial charge on any atom is 0.407 e. The van der Waals surface area contributed by atoms with Crippen LogP contribution in [-0.4, -0.2) is 46.8 Å². The van der Waals surface area contributed by atoms with Gasteiger partial charge >= 0.3 is 12.1 Å². The first-order valence-corrected chi connectivity index (χ1v) is 10.7. The average Bonchev–Trinajstić information content (AvgIpc) is 3.43. The van der Waals surface area contributed by atoms with Crippen LogP contribution >= 0.6 is 0 Å². The topological polar surface area (TPSA) is 121 Å². The van der Waals surface area contributed by atoms with Crippen LogP contribution in [0.25, 0.3) is 11.1 Å². The molecule has 170 valence electrons. The first-order valence-electron chi connectivity index (χ1n) is 10.7. The predicted octanol–water partition coefficient (Wildman–Crippen LogP) is 3.05. The molecule has 0 saturated heterocycles. The number of nitrogens with one attached hydrogen (secondary N) is 3. The summed E-state index contributed by atoms with van der Waals surface area (Å²) in [4.78, 5) is 39.4. The SMILES string of the molecule is C[C@H](NC(=O)C(Cc1ccc[nH]1)NC(=O)OCC1c2ccccc2-c2ccccc21)C(=O)O. The number of alkyl carbamates (subject to hydrolysis) is 1. The highest BCUT2D eigenvalue weighted by Gasteiger charge is 2.30. The van der Waals surface area contributed by atoms with Gasteiger partial charge in [-0.3, -0.25) is 9.59 Å². The summed E-state index contributed by atoms with van der Waals surface area (Å²) < 4.78 is 5.54. The molecule has 4 rings (SSSR count). The third kappa shape index (κ3) is 4.90. The normalized spacial score (nSPS) is 14.0. The van der Waals surface area contributed by atoms with Crippen LogP contribution in [0.2, 0.25) is 0 Å². The summed E-state index contributed by atoms with van der Waals surface area (Å²) in [6.07, 6.45) is 1.12. The average molecular weight is 447 g/mol. The van der Waals surface area contributed by atoms with Crippen LogP contribution in [0.5, 0.6) is 0 Å². The fraction of sp³-hybridized carbons (Fsp3) is 0.240. The van der Waals surface area contributed by atoms with Gasteiger partial charge < -0.3 is 25.5 Å². The highest BCUT2D eigenvalue weighted by atomic mass is 16.5. The van der Waals surface area contributed by atoms with E-state index in [2.05, 4.69) is 27.8 Å². The van der Waals surface area contributed by atoms with Crippen LogP contribution < -0.4 is 10.6 Å². The minimum absolute atomic E-state index is 0.106. The number of ether oxygens (including phenoxy) is 1. The van der Waals surface area contributed by atoms with E-state index >= 15 is 0 Å². The molecule has 8 nitrogen and oxygen atoms in total. The lowest BCUT2D eigenvalue weighted by molar-refractivity contribution is -0.141. The quantitative estimate of drug-likeness (QED) is 0.423. The number of rotatable bonds is 8. The molecule has 0 spiro atoms. The maximum absolute atomic E-state index is 12.6. The van der Waals surface area contributed by atoms with E-state index in [1.807, 2.05) is 36.4 Å². The Morgan fingerprint density at radius 3 is 2.18 bits per heavy atom. The number of hydrogen-bond acceptors (Lipinski definition) is 4. The summed E-state index contributed by atoms with van der Waals surface area (Å²) in [5.41, 5.74) is 5.13. The third-order valence-corrected chi connectivity index (χ3v) is 5.77. The molecule has 1 aromatic heterocycles. The van der Waals surface area contributed by atoms with Gasteiger partial charge in [0.15, 0.2) is 0 Å². The number of fused-ring (bicyclic) bond motifs is 3. The molecule has 8 heteroatoms. The molecule has 0 aliphatic heterocycles. The molecule has 1 unspecified atom stereocenters. The molecule has 0 saturated carbocycles. The monoisotopic (exact) mass is 447 g/mol. The van der Waals surface area contributed by atoms with Crippen molar-refractivity contribution in [3.05, 3.63) is 83.7 Å². The molecule has 0 fully saturated rings. The molecule has 2 aromatic carbocycles. The standard InChI is InChI=1S/C25H25N3O5/c1-15(24(30)31)27-23(29)22(13-16-7-6-12-26-16)28-25(32)33-14-21-19-10-4-2-8-17(19)18-9-3-5-11-20(18)21/h2-12,15,21-22,26H,13-14H2,1H3,(H,27,29)(H,28,32)(H,30,31)/t15-,22?/m0/s1. The zero-order valence-corrected chi connectivity index (χ0v) is 18.1. The number of aromatic nitrogens is 1. The molecule has 4 N–H and O–H groups in total. The van der Waals surface area contributed by atoms with E-state index in [1.165, 1.54) is 6.92 Å². The number of carbonyl (C=O) groups is 3. The number of amides is 2. The third-order valence-electron chi connectivity index (χ3n) is 5.77. The van der Waals surface area contributed by atoms with Crippen LogP contribution in [0.15, 0.2) is 66.9 Å². The van der Waals surface area contributed by atoms with Crippen LogP contribution in [0.3, 0.4) is 0 Å². The van der Waals surface area contributed by atoms with Crippen molar-refractivity contribution in [2.24, 2.45) is 0 Å². The summed E-state index contributed by atoms with van der Waals surface area (Å²) >= 11 is 0.